The Labute approximate surface area is 132 Å². The molecule has 0 fully saturated rings. The van der Waals surface area contributed by atoms with E-state index in [-0.39, 0.29) is 5.91 Å². The van der Waals surface area contributed by atoms with Crippen molar-refractivity contribution in [3.63, 3.8) is 0 Å². The lowest BCUT2D eigenvalue weighted by molar-refractivity contribution is -0.153. The maximum absolute atomic E-state index is 11.7. The van der Waals surface area contributed by atoms with Gasteiger partial charge in [0.25, 0.3) is 5.91 Å². The van der Waals surface area contributed by atoms with Crippen molar-refractivity contribution in [2.45, 2.75) is 13.0 Å². The van der Waals surface area contributed by atoms with Crippen LogP contribution in [-0.4, -0.2) is 44.1 Å². The lowest BCUT2D eigenvalue weighted by Crippen LogP contribution is -2.34. The molecule has 0 aliphatic heterocycles. The lowest BCUT2D eigenvalue weighted by Gasteiger charge is -2.16. The van der Waals surface area contributed by atoms with E-state index in [1.807, 2.05) is 12.1 Å². The average Bonchev–Trinajstić information content (AvgIpc) is 2.44. The largest absolute Gasteiger partial charge is 0.496 e. The second-order valence-corrected chi connectivity index (χ2v) is 5.45. The van der Waals surface area contributed by atoms with Crippen LogP contribution in [0.15, 0.2) is 28.7 Å². The molecule has 0 spiro atoms. The molecule has 0 saturated heterocycles. The first-order valence-electron chi connectivity index (χ1n) is 6.28. The zero-order valence-corrected chi connectivity index (χ0v) is 14.0. The summed E-state index contributed by atoms with van der Waals surface area (Å²) in [5.74, 6) is -0.212. The second kappa shape index (κ2) is 7.83. The Bertz CT molecular complexity index is 555. The summed E-state index contributed by atoms with van der Waals surface area (Å²) in [6, 6.07) is 5.44. The zero-order chi connectivity index (χ0) is 16.0. The highest BCUT2D eigenvalue weighted by Crippen LogP contribution is 2.24. The number of nitrogens with zero attached hydrogens (tertiary/aromatic N) is 1. The fourth-order valence-electron chi connectivity index (χ4n) is 1.62. The molecule has 0 aromatic heterocycles. The van der Waals surface area contributed by atoms with Gasteiger partial charge in [-0.15, -0.1) is 0 Å². The number of likely N-dealkylation sites (N-methyl/N-ethyl adjacent to an activating group) is 1. The van der Waals surface area contributed by atoms with E-state index in [4.69, 9.17) is 9.47 Å². The van der Waals surface area contributed by atoms with Gasteiger partial charge in [0.1, 0.15) is 5.75 Å². The minimum absolute atomic E-state index is 0.267. The summed E-state index contributed by atoms with van der Waals surface area (Å²) in [5.41, 5.74) is 0.732. The van der Waals surface area contributed by atoms with Crippen LogP contribution < -0.4 is 4.74 Å². The van der Waals surface area contributed by atoms with Gasteiger partial charge in [-0.25, -0.2) is 4.79 Å². The van der Waals surface area contributed by atoms with Crippen molar-refractivity contribution in [1.82, 2.24) is 4.90 Å². The van der Waals surface area contributed by atoms with Gasteiger partial charge in [0, 0.05) is 30.2 Å². The number of ether oxygens (including phenoxy) is 2. The Hall–Kier alpha value is -1.82. The number of hydrogen-bond donors (Lipinski definition) is 0. The fraction of sp³-hybridized carbons (Fsp3) is 0.333. The number of amides is 1. The van der Waals surface area contributed by atoms with Crippen molar-refractivity contribution in [2.75, 3.05) is 21.2 Å². The highest BCUT2D eigenvalue weighted by atomic mass is 79.9. The number of carbonyl (C=O) groups excluding carboxylic acids is 2. The van der Waals surface area contributed by atoms with Gasteiger partial charge in [-0.1, -0.05) is 15.9 Å². The number of carbonyl (C=O) groups is 2. The number of benzene rings is 1. The first-order valence-corrected chi connectivity index (χ1v) is 7.08. The highest BCUT2D eigenvalue weighted by Gasteiger charge is 2.17. The molecule has 114 valence electrons. The molecule has 0 N–H and O–H groups in total. The molecule has 1 aromatic carbocycles. The standard InChI is InChI=1S/C15H18BrNO4/c1-10(15(19)17(2)3)21-14(18)8-5-11-9-12(16)6-7-13(11)20-4/h5-10H,1-4H3/b8-5+/t10-/m1/s1. The molecular formula is C15H18BrNO4. The maximum atomic E-state index is 11.7. The van der Waals surface area contributed by atoms with Crippen LogP contribution in [0.1, 0.15) is 12.5 Å². The second-order valence-electron chi connectivity index (χ2n) is 4.53. The van der Waals surface area contributed by atoms with Crippen molar-refractivity contribution < 1.29 is 19.1 Å². The molecular weight excluding hydrogens is 338 g/mol. The summed E-state index contributed by atoms with van der Waals surface area (Å²) < 4.78 is 11.1. The molecule has 5 nitrogen and oxygen atoms in total. The summed E-state index contributed by atoms with van der Waals surface area (Å²) in [7, 11) is 4.76. The minimum Gasteiger partial charge on any atom is -0.496 e. The molecule has 6 heteroatoms. The Kier molecular flexibility index (Phi) is 6.42. The number of rotatable bonds is 5. The van der Waals surface area contributed by atoms with Crippen LogP contribution in [0, 0.1) is 0 Å². The van der Waals surface area contributed by atoms with Gasteiger partial charge >= 0.3 is 5.97 Å². The SMILES string of the molecule is COc1ccc(Br)cc1/C=C/C(=O)O[C@H](C)C(=O)N(C)C. The van der Waals surface area contributed by atoms with E-state index in [9.17, 15) is 9.59 Å². The summed E-state index contributed by atoms with van der Waals surface area (Å²) >= 11 is 3.35. The van der Waals surface area contributed by atoms with Gasteiger partial charge in [0.05, 0.1) is 7.11 Å². The molecule has 1 amide bonds. The molecule has 21 heavy (non-hydrogen) atoms. The highest BCUT2D eigenvalue weighted by molar-refractivity contribution is 9.10. The van der Waals surface area contributed by atoms with E-state index in [2.05, 4.69) is 15.9 Å². The van der Waals surface area contributed by atoms with Gasteiger partial charge in [0.15, 0.2) is 6.10 Å². The van der Waals surface area contributed by atoms with E-state index >= 15 is 0 Å². The van der Waals surface area contributed by atoms with Crippen LogP contribution in [0.3, 0.4) is 0 Å². The Balaban J connectivity index is 2.75. The fourth-order valence-corrected chi connectivity index (χ4v) is 2.00. The summed E-state index contributed by atoms with van der Waals surface area (Å²) in [5, 5.41) is 0. The van der Waals surface area contributed by atoms with Gasteiger partial charge < -0.3 is 14.4 Å². The molecule has 0 aliphatic carbocycles. The predicted octanol–water partition coefficient (Wildman–Crippen LogP) is 2.49. The summed E-state index contributed by atoms with van der Waals surface area (Å²) in [6.07, 6.45) is 2.03. The van der Waals surface area contributed by atoms with Gasteiger partial charge in [-0.2, -0.15) is 0 Å². The van der Waals surface area contributed by atoms with Crippen molar-refractivity contribution in [3.05, 3.63) is 34.3 Å². The third kappa shape index (κ3) is 5.23. The molecule has 0 heterocycles. The number of halogens is 1. The topological polar surface area (TPSA) is 55.8 Å². The minimum atomic E-state index is -0.818. The quantitative estimate of drug-likeness (QED) is 0.601. The molecule has 0 saturated carbocycles. The van der Waals surface area contributed by atoms with E-state index in [0.29, 0.717) is 5.75 Å². The molecule has 1 atom stereocenters. The third-order valence-corrected chi connectivity index (χ3v) is 3.17. The van der Waals surface area contributed by atoms with E-state index in [1.165, 1.54) is 17.9 Å². The van der Waals surface area contributed by atoms with Crippen LogP contribution in [-0.2, 0) is 14.3 Å². The summed E-state index contributed by atoms with van der Waals surface area (Å²) in [6.45, 7) is 1.54. The maximum Gasteiger partial charge on any atom is 0.331 e. The number of esters is 1. The first kappa shape index (κ1) is 17.2. The van der Waals surface area contributed by atoms with Crippen molar-refractivity contribution in [2.24, 2.45) is 0 Å². The van der Waals surface area contributed by atoms with Crippen LogP contribution in [0.2, 0.25) is 0 Å². The third-order valence-electron chi connectivity index (χ3n) is 2.67. The van der Waals surface area contributed by atoms with E-state index in [1.54, 1.807) is 33.3 Å². The van der Waals surface area contributed by atoms with Crippen molar-refractivity contribution >= 4 is 33.9 Å². The molecule has 0 bridgehead atoms. The number of methoxy groups -OCH3 is 1. The Morgan fingerprint density at radius 2 is 2.00 bits per heavy atom. The van der Waals surface area contributed by atoms with Crippen LogP contribution in [0.4, 0.5) is 0 Å². The Morgan fingerprint density at radius 1 is 1.33 bits per heavy atom. The van der Waals surface area contributed by atoms with Crippen LogP contribution >= 0.6 is 15.9 Å². The normalized spacial score (nSPS) is 12.0. The summed E-state index contributed by atoms with van der Waals surface area (Å²) in [4.78, 5) is 24.7. The smallest absolute Gasteiger partial charge is 0.331 e. The molecule has 1 rings (SSSR count). The molecule has 0 radical (unpaired) electrons. The zero-order valence-electron chi connectivity index (χ0n) is 12.4. The average molecular weight is 356 g/mol. The molecule has 1 aromatic rings. The number of hydrogen-bond acceptors (Lipinski definition) is 4. The Morgan fingerprint density at radius 3 is 2.57 bits per heavy atom. The lowest BCUT2D eigenvalue weighted by atomic mass is 10.2. The van der Waals surface area contributed by atoms with E-state index < -0.39 is 12.1 Å². The van der Waals surface area contributed by atoms with Crippen molar-refractivity contribution in [3.8, 4) is 5.75 Å². The van der Waals surface area contributed by atoms with Crippen LogP contribution in [0.25, 0.3) is 6.08 Å². The van der Waals surface area contributed by atoms with E-state index in [0.717, 1.165) is 10.0 Å². The van der Waals surface area contributed by atoms with Gasteiger partial charge in [-0.05, 0) is 31.2 Å². The first-order chi connectivity index (χ1) is 9.85. The molecule has 0 aliphatic rings. The van der Waals surface area contributed by atoms with Crippen molar-refractivity contribution in [1.29, 1.82) is 0 Å². The van der Waals surface area contributed by atoms with Gasteiger partial charge in [0.2, 0.25) is 0 Å². The molecule has 0 unspecified atom stereocenters. The van der Waals surface area contributed by atoms with Crippen LogP contribution in [0.5, 0.6) is 5.75 Å². The monoisotopic (exact) mass is 355 g/mol. The van der Waals surface area contributed by atoms with Gasteiger partial charge in [-0.3, -0.25) is 4.79 Å². The predicted molar refractivity (Wildman–Crippen MR) is 84.0 cm³/mol.